The van der Waals surface area contributed by atoms with Crippen LogP contribution in [0.5, 0.6) is 0 Å². The lowest BCUT2D eigenvalue weighted by atomic mass is 10.1. The maximum absolute atomic E-state index is 5.58. The lowest BCUT2D eigenvalue weighted by Crippen LogP contribution is -2.37. The van der Waals surface area contributed by atoms with E-state index >= 15 is 0 Å². The van der Waals surface area contributed by atoms with E-state index in [1.807, 2.05) is 7.05 Å². The fourth-order valence-corrected chi connectivity index (χ4v) is 2.04. The molecule has 18 heavy (non-hydrogen) atoms. The number of hydrogen-bond acceptors (Lipinski definition) is 5. The average molecular weight is 255 g/mol. The SMILES string of the molecule is CCC(CC)N(CCOC)c1nc(CNC)co1. The quantitative estimate of drug-likeness (QED) is 0.731. The minimum Gasteiger partial charge on any atom is -0.432 e. The van der Waals surface area contributed by atoms with E-state index in [0.717, 1.165) is 31.6 Å². The average Bonchev–Trinajstić information content (AvgIpc) is 2.83. The van der Waals surface area contributed by atoms with Crippen molar-refractivity contribution in [1.82, 2.24) is 10.3 Å². The zero-order valence-electron chi connectivity index (χ0n) is 11.9. The van der Waals surface area contributed by atoms with Crippen molar-refractivity contribution < 1.29 is 9.15 Å². The summed E-state index contributed by atoms with van der Waals surface area (Å²) in [5.41, 5.74) is 0.931. The lowest BCUT2D eigenvalue weighted by molar-refractivity contribution is 0.201. The summed E-state index contributed by atoms with van der Waals surface area (Å²) in [5.74, 6) is 0. The summed E-state index contributed by atoms with van der Waals surface area (Å²) in [6, 6.07) is 1.15. The summed E-state index contributed by atoms with van der Waals surface area (Å²) in [6.45, 7) is 6.59. The van der Waals surface area contributed by atoms with Crippen molar-refractivity contribution in [1.29, 1.82) is 0 Å². The summed E-state index contributed by atoms with van der Waals surface area (Å²) in [6.07, 6.45) is 3.86. The highest BCUT2D eigenvalue weighted by Crippen LogP contribution is 2.19. The molecule has 0 bridgehead atoms. The molecule has 5 heteroatoms. The van der Waals surface area contributed by atoms with Crippen LogP contribution in [0.25, 0.3) is 0 Å². The Morgan fingerprint density at radius 1 is 1.44 bits per heavy atom. The Balaban J connectivity index is 2.78. The maximum Gasteiger partial charge on any atom is 0.297 e. The largest absolute Gasteiger partial charge is 0.432 e. The third-order valence-electron chi connectivity index (χ3n) is 3.06. The Hall–Kier alpha value is -1.07. The van der Waals surface area contributed by atoms with E-state index in [-0.39, 0.29) is 0 Å². The smallest absolute Gasteiger partial charge is 0.297 e. The van der Waals surface area contributed by atoms with E-state index < -0.39 is 0 Å². The molecular weight excluding hydrogens is 230 g/mol. The molecule has 0 aliphatic heterocycles. The molecular formula is C13H25N3O2. The molecule has 0 aromatic carbocycles. The number of nitrogens with zero attached hydrogens (tertiary/aromatic N) is 2. The van der Waals surface area contributed by atoms with Gasteiger partial charge in [-0.1, -0.05) is 13.8 Å². The molecule has 0 fully saturated rings. The third kappa shape index (κ3) is 3.99. The molecule has 0 radical (unpaired) electrons. The number of methoxy groups -OCH3 is 1. The van der Waals surface area contributed by atoms with Crippen LogP contribution in [0.4, 0.5) is 6.01 Å². The number of oxazole rings is 1. The molecule has 1 heterocycles. The van der Waals surface area contributed by atoms with Crippen molar-refractivity contribution in [2.75, 3.05) is 32.2 Å². The highest BCUT2D eigenvalue weighted by Gasteiger charge is 2.20. The van der Waals surface area contributed by atoms with Gasteiger partial charge in [-0.25, -0.2) is 0 Å². The van der Waals surface area contributed by atoms with Gasteiger partial charge in [-0.2, -0.15) is 4.98 Å². The Labute approximate surface area is 110 Å². The van der Waals surface area contributed by atoms with Crippen LogP contribution >= 0.6 is 0 Å². The van der Waals surface area contributed by atoms with E-state index in [1.54, 1.807) is 13.4 Å². The Morgan fingerprint density at radius 3 is 2.72 bits per heavy atom. The van der Waals surface area contributed by atoms with Crippen LogP contribution in [0.15, 0.2) is 10.7 Å². The van der Waals surface area contributed by atoms with Crippen LogP contribution in [0.2, 0.25) is 0 Å². The van der Waals surface area contributed by atoms with Gasteiger partial charge in [0.15, 0.2) is 0 Å². The summed E-state index contributed by atoms with van der Waals surface area (Å²) < 4.78 is 10.7. The van der Waals surface area contributed by atoms with Crippen LogP contribution in [0.3, 0.4) is 0 Å². The van der Waals surface area contributed by atoms with Gasteiger partial charge in [0.2, 0.25) is 0 Å². The van der Waals surface area contributed by atoms with Crippen LogP contribution < -0.4 is 10.2 Å². The van der Waals surface area contributed by atoms with Crippen LogP contribution in [-0.4, -0.2) is 38.3 Å². The first-order valence-electron chi connectivity index (χ1n) is 6.61. The molecule has 0 unspecified atom stereocenters. The summed E-state index contributed by atoms with van der Waals surface area (Å²) >= 11 is 0. The minimum absolute atomic E-state index is 0.446. The first-order chi connectivity index (χ1) is 8.76. The topological polar surface area (TPSA) is 50.5 Å². The van der Waals surface area contributed by atoms with Gasteiger partial charge in [-0.3, -0.25) is 0 Å². The van der Waals surface area contributed by atoms with Gasteiger partial charge >= 0.3 is 0 Å². The number of anilines is 1. The highest BCUT2D eigenvalue weighted by atomic mass is 16.5. The number of rotatable bonds is 9. The molecule has 1 rings (SSSR count). The lowest BCUT2D eigenvalue weighted by Gasteiger charge is -2.28. The second-order valence-corrected chi connectivity index (χ2v) is 4.31. The fourth-order valence-electron chi connectivity index (χ4n) is 2.04. The van der Waals surface area contributed by atoms with Crippen molar-refractivity contribution in [3.8, 4) is 0 Å². The maximum atomic E-state index is 5.58. The molecule has 0 atom stereocenters. The standard InChI is InChI=1S/C13H25N3O2/c1-5-12(6-2)16(7-8-17-4)13-15-11(9-14-3)10-18-13/h10,12,14H,5-9H2,1-4H3. The van der Waals surface area contributed by atoms with Gasteiger partial charge in [0.05, 0.1) is 12.3 Å². The molecule has 1 aromatic rings. The number of aromatic nitrogens is 1. The van der Waals surface area contributed by atoms with Crippen molar-refractivity contribution in [3.63, 3.8) is 0 Å². The number of ether oxygens (including phenoxy) is 1. The summed E-state index contributed by atoms with van der Waals surface area (Å²) in [5, 5.41) is 3.07. The second kappa shape index (κ2) is 8.11. The molecule has 0 saturated carbocycles. The molecule has 0 saturated heterocycles. The number of hydrogen-bond donors (Lipinski definition) is 1. The first kappa shape index (κ1) is 15.0. The molecule has 0 amide bonds. The van der Waals surface area contributed by atoms with E-state index in [1.165, 1.54) is 0 Å². The van der Waals surface area contributed by atoms with E-state index in [9.17, 15) is 0 Å². The molecule has 1 N–H and O–H groups in total. The molecule has 1 aromatic heterocycles. The zero-order chi connectivity index (χ0) is 13.4. The zero-order valence-corrected chi connectivity index (χ0v) is 11.9. The van der Waals surface area contributed by atoms with Crippen molar-refractivity contribution in [2.24, 2.45) is 0 Å². The van der Waals surface area contributed by atoms with Gasteiger partial charge in [0.25, 0.3) is 6.01 Å². The van der Waals surface area contributed by atoms with Gasteiger partial charge in [0, 0.05) is 26.2 Å². The summed E-state index contributed by atoms with van der Waals surface area (Å²) in [4.78, 5) is 6.71. The molecule has 5 nitrogen and oxygen atoms in total. The van der Waals surface area contributed by atoms with E-state index in [0.29, 0.717) is 18.7 Å². The second-order valence-electron chi connectivity index (χ2n) is 4.31. The Bertz CT molecular complexity index is 324. The fraction of sp³-hybridized carbons (Fsp3) is 0.769. The first-order valence-corrected chi connectivity index (χ1v) is 6.61. The van der Waals surface area contributed by atoms with Crippen LogP contribution in [-0.2, 0) is 11.3 Å². The van der Waals surface area contributed by atoms with Crippen molar-refractivity contribution in [3.05, 3.63) is 12.0 Å². The Kier molecular flexibility index (Phi) is 6.75. The van der Waals surface area contributed by atoms with E-state index in [4.69, 9.17) is 9.15 Å². The van der Waals surface area contributed by atoms with Gasteiger partial charge in [-0.05, 0) is 19.9 Å². The van der Waals surface area contributed by atoms with Crippen molar-refractivity contribution >= 4 is 6.01 Å². The van der Waals surface area contributed by atoms with Crippen molar-refractivity contribution in [2.45, 2.75) is 39.3 Å². The predicted octanol–water partition coefficient (Wildman–Crippen LogP) is 2.04. The molecule has 0 aliphatic rings. The monoisotopic (exact) mass is 255 g/mol. The van der Waals surface area contributed by atoms with Crippen LogP contribution in [0.1, 0.15) is 32.4 Å². The van der Waals surface area contributed by atoms with Crippen LogP contribution in [0, 0.1) is 0 Å². The van der Waals surface area contributed by atoms with E-state index in [2.05, 4.69) is 29.0 Å². The predicted molar refractivity (Wildman–Crippen MR) is 72.9 cm³/mol. The third-order valence-corrected chi connectivity index (χ3v) is 3.06. The van der Waals surface area contributed by atoms with Gasteiger partial charge in [-0.15, -0.1) is 0 Å². The van der Waals surface area contributed by atoms with Gasteiger partial charge < -0.3 is 19.4 Å². The van der Waals surface area contributed by atoms with Gasteiger partial charge in [0.1, 0.15) is 6.26 Å². The molecule has 104 valence electrons. The highest BCUT2D eigenvalue weighted by molar-refractivity contribution is 5.29. The minimum atomic E-state index is 0.446. The molecule has 0 spiro atoms. The number of nitrogens with one attached hydrogen (secondary N) is 1. The summed E-state index contributed by atoms with van der Waals surface area (Å²) in [7, 11) is 3.62. The normalized spacial score (nSPS) is 11.2. The molecule has 0 aliphatic carbocycles. The Morgan fingerprint density at radius 2 is 2.17 bits per heavy atom.